The molecule has 29 heavy (non-hydrogen) atoms. The van der Waals surface area contributed by atoms with E-state index >= 15 is 0 Å². The van der Waals surface area contributed by atoms with Gasteiger partial charge in [-0.25, -0.2) is 4.98 Å². The highest BCUT2D eigenvalue weighted by Crippen LogP contribution is 2.22. The predicted octanol–water partition coefficient (Wildman–Crippen LogP) is 3.82. The number of hydrogen-bond acceptors (Lipinski definition) is 7. The number of nitrogens with zero attached hydrogens (tertiary/aromatic N) is 3. The lowest BCUT2D eigenvalue weighted by Gasteiger charge is -2.04. The number of anilines is 1. The third kappa shape index (κ3) is 5.90. The fourth-order valence-electron chi connectivity index (χ4n) is 2.15. The molecule has 0 aliphatic rings. The van der Waals surface area contributed by atoms with E-state index in [-0.39, 0.29) is 18.0 Å². The maximum atomic E-state index is 13.3. The van der Waals surface area contributed by atoms with E-state index in [2.05, 4.69) is 20.5 Å². The Labute approximate surface area is 172 Å². The molecule has 3 rings (SSSR count). The summed E-state index contributed by atoms with van der Waals surface area (Å²) in [6.07, 6.45) is 0. The van der Waals surface area contributed by atoms with Crippen LogP contribution in [0.3, 0.4) is 0 Å². The quantitative estimate of drug-likeness (QED) is 0.312. The molecule has 0 fully saturated rings. The number of carbonyl (C=O) groups is 1. The van der Waals surface area contributed by atoms with Gasteiger partial charge in [0.2, 0.25) is 16.9 Å². The fourth-order valence-corrected chi connectivity index (χ4v) is 2.89. The van der Waals surface area contributed by atoms with Gasteiger partial charge in [0, 0.05) is 16.8 Å². The first-order valence-corrected chi connectivity index (χ1v) is 9.43. The first kappa shape index (κ1) is 20.6. The van der Waals surface area contributed by atoms with Crippen molar-refractivity contribution in [1.82, 2.24) is 15.2 Å². The number of amides is 1. The molecule has 2 aromatic carbocycles. The molecule has 0 bridgehead atoms. The van der Waals surface area contributed by atoms with Crippen LogP contribution >= 0.6 is 23.4 Å². The van der Waals surface area contributed by atoms with Crippen molar-refractivity contribution < 1.29 is 18.8 Å². The van der Waals surface area contributed by atoms with E-state index in [4.69, 9.17) is 16.3 Å². The molecule has 0 aliphatic carbocycles. The van der Waals surface area contributed by atoms with E-state index in [0.717, 1.165) is 23.9 Å². The Morgan fingerprint density at radius 2 is 2.07 bits per heavy atom. The van der Waals surface area contributed by atoms with Crippen molar-refractivity contribution in [2.45, 2.75) is 11.8 Å². The van der Waals surface area contributed by atoms with Gasteiger partial charge < -0.3 is 10.1 Å². The molecule has 0 aliphatic heterocycles. The number of hydrogen-bond donors (Lipinski definition) is 2. The van der Waals surface area contributed by atoms with Crippen LogP contribution in [0.1, 0.15) is 5.82 Å². The monoisotopic (exact) mass is 437 g/mol. The van der Waals surface area contributed by atoms with Crippen molar-refractivity contribution >= 4 is 40.6 Å². The molecule has 1 heterocycles. The molecular formula is C17H13ClFN5O4S. The van der Waals surface area contributed by atoms with E-state index in [1.54, 1.807) is 24.3 Å². The zero-order chi connectivity index (χ0) is 20.8. The van der Waals surface area contributed by atoms with Gasteiger partial charge in [0.15, 0.2) is 5.82 Å². The van der Waals surface area contributed by atoms with Crippen LogP contribution in [0.15, 0.2) is 47.6 Å². The van der Waals surface area contributed by atoms with Gasteiger partial charge in [0.1, 0.15) is 12.4 Å². The summed E-state index contributed by atoms with van der Waals surface area (Å²) in [6.45, 7) is 0.153. The van der Waals surface area contributed by atoms with Crippen LogP contribution in [0.25, 0.3) is 0 Å². The third-order valence-electron chi connectivity index (χ3n) is 3.46. The van der Waals surface area contributed by atoms with Gasteiger partial charge >= 0.3 is 5.69 Å². The predicted molar refractivity (Wildman–Crippen MR) is 105 cm³/mol. The van der Waals surface area contributed by atoms with Crippen molar-refractivity contribution in [1.29, 1.82) is 0 Å². The molecule has 0 atom stereocenters. The number of carbonyl (C=O) groups excluding carboxylic acids is 1. The lowest BCUT2D eigenvalue weighted by atomic mass is 10.2. The van der Waals surface area contributed by atoms with Crippen LogP contribution in [0.4, 0.5) is 15.8 Å². The van der Waals surface area contributed by atoms with E-state index < -0.39 is 22.3 Å². The number of benzene rings is 2. The van der Waals surface area contributed by atoms with Gasteiger partial charge in [-0.15, -0.1) is 5.10 Å². The molecule has 12 heteroatoms. The number of nitro benzene ring substituents is 1. The number of nitrogens with one attached hydrogen (secondary N) is 2. The summed E-state index contributed by atoms with van der Waals surface area (Å²) in [5, 5.41) is 20.8. The van der Waals surface area contributed by atoms with E-state index in [1.165, 1.54) is 6.07 Å². The normalized spacial score (nSPS) is 10.6. The molecule has 1 aromatic heterocycles. The Balaban J connectivity index is 1.49. The Morgan fingerprint density at radius 1 is 1.31 bits per heavy atom. The lowest BCUT2D eigenvalue weighted by Crippen LogP contribution is -2.14. The summed E-state index contributed by atoms with van der Waals surface area (Å²) in [5.74, 6) is -0.374. The average Bonchev–Trinajstić information content (AvgIpc) is 3.15. The number of aromatic amines is 1. The van der Waals surface area contributed by atoms with E-state index in [9.17, 15) is 19.3 Å². The molecule has 9 nitrogen and oxygen atoms in total. The average molecular weight is 438 g/mol. The summed E-state index contributed by atoms with van der Waals surface area (Å²) in [6, 6.07) is 9.96. The highest BCUT2D eigenvalue weighted by molar-refractivity contribution is 7.99. The van der Waals surface area contributed by atoms with E-state index in [0.29, 0.717) is 21.8 Å². The van der Waals surface area contributed by atoms with Gasteiger partial charge in [0.05, 0.1) is 10.7 Å². The second-order valence-electron chi connectivity index (χ2n) is 5.57. The first-order valence-electron chi connectivity index (χ1n) is 8.07. The molecule has 0 radical (unpaired) electrons. The number of rotatable bonds is 8. The van der Waals surface area contributed by atoms with Crippen molar-refractivity contribution in [3.05, 3.63) is 69.2 Å². The summed E-state index contributed by atoms with van der Waals surface area (Å²) < 4.78 is 18.9. The molecule has 150 valence electrons. The molecule has 1 amide bonds. The fraction of sp³-hybridized carbons (Fsp3) is 0.118. The summed E-state index contributed by atoms with van der Waals surface area (Å²) in [5.41, 5.74) is -0.592. The Hall–Kier alpha value is -3.18. The summed E-state index contributed by atoms with van der Waals surface area (Å²) in [4.78, 5) is 26.1. The minimum Gasteiger partial charge on any atom is -0.486 e. The smallest absolute Gasteiger partial charge is 0.306 e. The highest BCUT2D eigenvalue weighted by Gasteiger charge is 2.16. The second-order valence-corrected chi connectivity index (χ2v) is 6.95. The van der Waals surface area contributed by atoms with Crippen LogP contribution in [-0.4, -0.2) is 31.8 Å². The Morgan fingerprint density at radius 3 is 2.79 bits per heavy atom. The first-order chi connectivity index (χ1) is 13.9. The Kier molecular flexibility index (Phi) is 6.62. The zero-order valence-corrected chi connectivity index (χ0v) is 16.2. The molecular weight excluding hydrogens is 425 g/mol. The second kappa shape index (κ2) is 9.34. The standard InChI is InChI=1S/C17H13ClFN5O4S/c18-10-1-4-12(5-2-10)28-8-15-21-17(23-22-15)29-9-16(25)20-11-3-6-13(19)14(7-11)24(26)27/h1-7H,8-9H2,(H,20,25)(H,21,22,23). The van der Waals surface area contributed by atoms with Gasteiger partial charge in [-0.2, -0.15) is 4.39 Å². The van der Waals surface area contributed by atoms with Gasteiger partial charge in [0.25, 0.3) is 0 Å². The number of thioether (sulfide) groups is 1. The molecule has 0 saturated carbocycles. The van der Waals surface area contributed by atoms with Crippen LogP contribution in [0.2, 0.25) is 5.02 Å². The Bertz CT molecular complexity index is 1030. The highest BCUT2D eigenvalue weighted by atomic mass is 35.5. The SMILES string of the molecule is O=C(CSc1n[nH]c(COc2ccc(Cl)cc2)n1)Nc1ccc(F)c([N+](=O)[O-])c1. The number of halogens is 2. The minimum atomic E-state index is -0.976. The van der Waals surface area contributed by atoms with Crippen LogP contribution < -0.4 is 10.1 Å². The topological polar surface area (TPSA) is 123 Å². The minimum absolute atomic E-state index is 0.0412. The van der Waals surface area contributed by atoms with Crippen molar-refractivity contribution in [2.75, 3.05) is 11.1 Å². The third-order valence-corrected chi connectivity index (χ3v) is 4.56. The number of aromatic nitrogens is 3. The zero-order valence-electron chi connectivity index (χ0n) is 14.6. The number of nitro groups is 1. The number of H-pyrrole nitrogens is 1. The molecule has 0 spiro atoms. The molecule has 2 N–H and O–H groups in total. The van der Waals surface area contributed by atoms with Crippen molar-refractivity contribution in [3.63, 3.8) is 0 Å². The van der Waals surface area contributed by atoms with Gasteiger partial charge in [-0.3, -0.25) is 20.0 Å². The van der Waals surface area contributed by atoms with Crippen molar-refractivity contribution in [3.8, 4) is 5.75 Å². The maximum Gasteiger partial charge on any atom is 0.306 e. The number of ether oxygens (including phenoxy) is 1. The largest absolute Gasteiger partial charge is 0.486 e. The molecule has 0 saturated heterocycles. The van der Waals surface area contributed by atoms with Crippen LogP contribution in [0, 0.1) is 15.9 Å². The van der Waals surface area contributed by atoms with Gasteiger partial charge in [-0.1, -0.05) is 23.4 Å². The molecule has 0 unspecified atom stereocenters. The summed E-state index contributed by atoms with van der Waals surface area (Å²) in [7, 11) is 0. The lowest BCUT2D eigenvalue weighted by molar-refractivity contribution is -0.387. The summed E-state index contributed by atoms with van der Waals surface area (Å²) >= 11 is 6.87. The van der Waals surface area contributed by atoms with Crippen LogP contribution in [-0.2, 0) is 11.4 Å². The van der Waals surface area contributed by atoms with Gasteiger partial charge in [-0.05, 0) is 36.4 Å². The van der Waals surface area contributed by atoms with E-state index in [1.807, 2.05) is 0 Å². The van der Waals surface area contributed by atoms with Crippen LogP contribution in [0.5, 0.6) is 5.75 Å². The van der Waals surface area contributed by atoms with Crippen molar-refractivity contribution in [2.24, 2.45) is 0 Å². The maximum absolute atomic E-state index is 13.3. The molecule has 3 aromatic rings.